The van der Waals surface area contributed by atoms with Crippen LogP contribution in [0.2, 0.25) is 0 Å². The number of aliphatic hydroxyl groups excluding tert-OH is 1. The average Bonchev–Trinajstić information content (AvgIpc) is 2.33. The van der Waals surface area contributed by atoms with Gasteiger partial charge in [-0.25, -0.2) is 4.57 Å². The lowest BCUT2D eigenvalue weighted by molar-refractivity contribution is -0.392. The molecule has 1 rings (SSSR count). The van der Waals surface area contributed by atoms with E-state index in [2.05, 4.69) is 0 Å². The molecule has 0 unspecified atom stereocenters. The van der Waals surface area contributed by atoms with Gasteiger partial charge in [-0.1, -0.05) is 0 Å². The number of hydrogen-bond acceptors (Lipinski definition) is 3. The monoisotopic (exact) mass is 142 g/mol. The van der Waals surface area contributed by atoms with Gasteiger partial charge in [0.2, 0.25) is 0 Å². The van der Waals surface area contributed by atoms with Crippen LogP contribution in [0, 0.1) is 10.1 Å². The standard InChI is InChI=1S/C5H6N2O3/c8-4-6-3-1-2-5(6)7(9)10/h1-3,8H,4H2. The van der Waals surface area contributed by atoms with Crippen LogP contribution in [-0.4, -0.2) is 14.6 Å². The van der Waals surface area contributed by atoms with Gasteiger partial charge in [-0.15, -0.1) is 0 Å². The van der Waals surface area contributed by atoms with Crippen LogP contribution in [0.1, 0.15) is 0 Å². The van der Waals surface area contributed by atoms with Crippen LogP contribution in [0.15, 0.2) is 18.3 Å². The van der Waals surface area contributed by atoms with E-state index in [1.807, 2.05) is 0 Å². The number of hydrogen-bond donors (Lipinski definition) is 1. The molecule has 5 nitrogen and oxygen atoms in total. The number of aliphatic hydroxyl groups is 1. The maximum atomic E-state index is 10.1. The van der Waals surface area contributed by atoms with Crippen molar-refractivity contribution in [3.05, 3.63) is 28.4 Å². The summed E-state index contributed by atoms with van der Waals surface area (Å²) in [6.07, 6.45) is 1.44. The lowest BCUT2D eigenvalue weighted by Crippen LogP contribution is -2.00. The van der Waals surface area contributed by atoms with E-state index in [0.29, 0.717) is 0 Å². The van der Waals surface area contributed by atoms with Crippen molar-refractivity contribution >= 4 is 5.82 Å². The summed E-state index contributed by atoms with van der Waals surface area (Å²) in [5.74, 6) is -0.0949. The first-order valence-electron chi connectivity index (χ1n) is 2.66. The van der Waals surface area contributed by atoms with E-state index in [4.69, 9.17) is 5.11 Å². The van der Waals surface area contributed by atoms with Gasteiger partial charge in [-0.2, -0.15) is 0 Å². The molecule has 0 aliphatic rings. The van der Waals surface area contributed by atoms with Gasteiger partial charge in [0, 0.05) is 6.07 Å². The van der Waals surface area contributed by atoms with Gasteiger partial charge in [0.25, 0.3) is 0 Å². The van der Waals surface area contributed by atoms with Crippen LogP contribution >= 0.6 is 0 Å². The van der Waals surface area contributed by atoms with Crippen LogP contribution in [-0.2, 0) is 6.73 Å². The molecule has 10 heavy (non-hydrogen) atoms. The van der Waals surface area contributed by atoms with Crippen molar-refractivity contribution in [3.8, 4) is 0 Å². The van der Waals surface area contributed by atoms with Gasteiger partial charge in [-0.05, 0) is 11.0 Å². The van der Waals surface area contributed by atoms with Crippen molar-refractivity contribution in [2.75, 3.05) is 0 Å². The lowest BCUT2D eigenvalue weighted by Gasteiger charge is -1.94. The van der Waals surface area contributed by atoms with Gasteiger partial charge in [0.15, 0.2) is 6.73 Å². The van der Waals surface area contributed by atoms with Gasteiger partial charge in [0.1, 0.15) is 0 Å². The van der Waals surface area contributed by atoms with Crippen LogP contribution < -0.4 is 0 Å². The Morgan fingerprint density at radius 3 is 2.90 bits per heavy atom. The molecule has 1 aromatic rings. The minimum Gasteiger partial charge on any atom is -0.358 e. The minimum absolute atomic E-state index is 0.0949. The number of aromatic nitrogens is 1. The number of nitro groups is 1. The Bertz CT molecular complexity index is 243. The lowest BCUT2D eigenvalue weighted by atomic mass is 10.6. The Labute approximate surface area is 56.7 Å². The topological polar surface area (TPSA) is 68.3 Å². The largest absolute Gasteiger partial charge is 0.358 e. The van der Waals surface area contributed by atoms with E-state index in [1.165, 1.54) is 18.3 Å². The summed E-state index contributed by atoms with van der Waals surface area (Å²) in [5, 5.41) is 18.6. The van der Waals surface area contributed by atoms with Crippen LogP contribution in [0.5, 0.6) is 0 Å². The molecular formula is C5H6N2O3. The molecule has 0 radical (unpaired) electrons. The molecule has 0 aromatic carbocycles. The molecule has 1 aromatic heterocycles. The van der Waals surface area contributed by atoms with Crippen molar-refractivity contribution in [1.82, 2.24) is 4.57 Å². The van der Waals surface area contributed by atoms with Crippen molar-refractivity contribution in [3.63, 3.8) is 0 Å². The highest BCUT2D eigenvalue weighted by atomic mass is 16.6. The third-order valence-corrected chi connectivity index (χ3v) is 1.14. The molecule has 0 amide bonds. The summed E-state index contributed by atoms with van der Waals surface area (Å²) in [5.41, 5.74) is 0. The van der Waals surface area contributed by atoms with E-state index in [0.717, 1.165) is 4.57 Å². The number of nitrogens with zero attached hydrogens (tertiary/aromatic N) is 2. The first-order valence-corrected chi connectivity index (χ1v) is 2.66. The third-order valence-electron chi connectivity index (χ3n) is 1.14. The molecule has 54 valence electrons. The fourth-order valence-corrected chi connectivity index (χ4v) is 0.690. The Hall–Kier alpha value is -1.36. The zero-order chi connectivity index (χ0) is 7.56. The second-order valence-corrected chi connectivity index (χ2v) is 1.73. The van der Waals surface area contributed by atoms with Crippen LogP contribution in [0.4, 0.5) is 5.82 Å². The van der Waals surface area contributed by atoms with Crippen LogP contribution in [0.25, 0.3) is 0 Å². The highest BCUT2D eigenvalue weighted by Crippen LogP contribution is 2.09. The maximum Gasteiger partial charge on any atom is 0.324 e. The Morgan fingerprint density at radius 1 is 1.80 bits per heavy atom. The molecule has 0 bridgehead atoms. The average molecular weight is 142 g/mol. The molecule has 0 fully saturated rings. The summed E-state index contributed by atoms with van der Waals surface area (Å²) >= 11 is 0. The van der Waals surface area contributed by atoms with Gasteiger partial charge in [0.05, 0.1) is 6.20 Å². The SMILES string of the molecule is O=[N+]([O-])c1cccn1CO. The Balaban J connectivity index is 3.01. The summed E-state index contributed by atoms with van der Waals surface area (Å²) in [6, 6.07) is 2.84. The Morgan fingerprint density at radius 2 is 2.50 bits per heavy atom. The fraction of sp³-hybridized carbons (Fsp3) is 0.200. The highest BCUT2D eigenvalue weighted by molar-refractivity contribution is 5.20. The minimum atomic E-state index is -0.545. The highest BCUT2D eigenvalue weighted by Gasteiger charge is 2.08. The molecule has 1 heterocycles. The molecule has 1 N–H and O–H groups in total. The summed E-state index contributed by atoms with van der Waals surface area (Å²) < 4.78 is 1.14. The molecule has 0 spiro atoms. The molecule has 0 aliphatic heterocycles. The Kier molecular flexibility index (Phi) is 1.68. The molecule has 0 saturated carbocycles. The summed E-state index contributed by atoms with van der Waals surface area (Å²) in [7, 11) is 0. The molecular weight excluding hydrogens is 136 g/mol. The first kappa shape index (κ1) is 6.76. The van der Waals surface area contributed by atoms with Gasteiger partial charge in [-0.3, -0.25) is 0 Å². The number of rotatable bonds is 2. The van der Waals surface area contributed by atoms with E-state index in [9.17, 15) is 10.1 Å². The predicted octanol–water partition coefficient (Wildman–Crippen LogP) is 0.346. The predicted molar refractivity (Wildman–Crippen MR) is 33.3 cm³/mol. The molecule has 0 aliphatic carbocycles. The fourth-order valence-electron chi connectivity index (χ4n) is 0.690. The van der Waals surface area contributed by atoms with Crippen molar-refractivity contribution in [2.24, 2.45) is 0 Å². The van der Waals surface area contributed by atoms with Crippen LogP contribution in [0.3, 0.4) is 0 Å². The third kappa shape index (κ3) is 0.985. The maximum absolute atomic E-state index is 10.1. The van der Waals surface area contributed by atoms with Crippen molar-refractivity contribution in [2.45, 2.75) is 6.73 Å². The summed E-state index contributed by atoms with van der Waals surface area (Å²) in [6.45, 7) is -0.358. The second kappa shape index (κ2) is 2.49. The van der Waals surface area contributed by atoms with E-state index in [1.54, 1.807) is 0 Å². The van der Waals surface area contributed by atoms with E-state index < -0.39 is 4.92 Å². The van der Waals surface area contributed by atoms with Gasteiger partial charge < -0.3 is 15.2 Å². The molecule has 0 atom stereocenters. The molecule has 0 saturated heterocycles. The molecule has 5 heteroatoms. The zero-order valence-corrected chi connectivity index (χ0v) is 5.10. The summed E-state index contributed by atoms with van der Waals surface area (Å²) in [4.78, 5) is 9.57. The van der Waals surface area contributed by atoms with E-state index in [-0.39, 0.29) is 12.5 Å². The quantitative estimate of drug-likeness (QED) is 0.478. The van der Waals surface area contributed by atoms with Crippen molar-refractivity contribution in [1.29, 1.82) is 0 Å². The zero-order valence-electron chi connectivity index (χ0n) is 5.10. The first-order chi connectivity index (χ1) is 4.75. The van der Waals surface area contributed by atoms with Gasteiger partial charge >= 0.3 is 5.82 Å². The van der Waals surface area contributed by atoms with Crippen molar-refractivity contribution < 1.29 is 10.0 Å². The smallest absolute Gasteiger partial charge is 0.324 e. The normalized spacial score (nSPS) is 9.70. The van der Waals surface area contributed by atoms with E-state index >= 15 is 0 Å². The second-order valence-electron chi connectivity index (χ2n) is 1.73.